The molecule has 0 atom stereocenters. The molecular formula is C21H24N8O2. The van der Waals surface area contributed by atoms with E-state index in [1.165, 1.54) is 16.6 Å². The van der Waals surface area contributed by atoms with Crippen LogP contribution in [0.2, 0.25) is 0 Å². The first-order valence-electron chi connectivity index (χ1n) is 10.6. The molecule has 1 saturated heterocycles. The summed E-state index contributed by atoms with van der Waals surface area (Å²) < 4.78 is 3.34. The van der Waals surface area contributed by atoms with Crippen molar-refractivity contribution in [1.82, 2.24) is 39.8 Å². The number of aryl methyl sites for hydroxylation is 1. The van der Waals surface area contributed by atoms with E-state index in [0.29, 0.717) is 31.9 Å². The van der Waals surface area contributed by atoms with Crippen LogP contribution in [0.4, 0.5) is 0 Å². The molecular weight excluding hydrogens is 396 g/mol. The Balaban J connectivity index is 1.29. The summed E-state index contributed by atoms with van der Waals surface area (Å²) in [4.78, 5) is 29.3. The quantitative estimate of drug-likeness (QED) is 0.614. The fraction of sp³-hybridized carbons (Fsp3) is 0.429. The van der Waals surface area contributed by atoms with Crippen LogP contribution in [0, 0.1) is 6.92 Å². The van der Waals surface area contributed by atoms with Crippen molar-refractivity contribution in [3.8, 4) is 5.69 Å². The normalized spacial score (nSPS) is 15.9. The molecule has 5 rings (SSSR count). The maximum absolute atomic E-state index is 13.3. The molecule has 1 fully saturated rings. The van der Waals surface area contributed by atoms with Crippen LogP contribution in [0.5, 0.6) is 0 Å². The molecule has 0 saturated carbocycles. The van der Waals surface area contributed by atoms with Gasteiger partial charge in [0, 0.05) is 37.4 Å². The number of aromatic nitrogens is 6. The Hall–Kier alpha value is -3.56. The molecule has 2 amide bonds. The van der Waals surface area contributed by atoms with Crippen molar-refractivity contribution >= 4 is 11.8 Å². The molecule has 160 valence electrons. The van der Waals surface area contributed by atoms with E-state index in [0.717, 1.165) is 36.2 Å². The molecule has 10 nitrogen and oxygen atoms in total. The maximum atomic E-state index is 13.3. The number of carbonyl (C=O) groups excluding carboxylic acids is 2. The van der Waals surface area contributed by atoms with Gasteiger partial charge in [0.15, 0.2) is 5.69 Å². The Morgan fingerprint density at radius 2 is 1.74 bits per heavy atom. The number of benzene rings is 1. The third-order valence-electron chi connectivity index (χ3n) is 6.02. The van der Waals surface area contributed by atoms with E-state index in [4.69, 9.17) is 5.10 Å². The van der Waals surface area contributed by atoms with E-state index in [2.05, 4.69) is 34.6 Å². The van der Waals surface area contributed by atoms with Crippen molar-refractivity contribution in [1.29, 1.82) is 0 Å². The van der Waals surface area contributed by atoms with Crippen molar-refractivity contribution in [2.45, 2.75) is 32.7 Å². The van der Waals surface area contributed by atoms with Gasteiger partial charge in [0.25, 0.3) is 5.91 Å². The minimum absolute atomic E-state index is 0.0448. The second-order valence-electron chi connectivity index (χ2n) is 8.06. The minimum Gasteiger partial charge on any atom is -0.338 e. The Bertz CT molecular complexity index is 1100. The summed E-state index contributed by atoms with van der Waals surface area (Å²) >= 11 is 0. The number of tetrazole rings is 1. The molecule has 0 spiro atoms. The van der Waals surface area contributed by atoms with Crippen LogP contribution < -0.4 is 0 Å². The van der Waals surface area contributed by atoms with Gasteiger partial charge in [0.05, 0.1) is 5.69 Å². The van der Waals surface area contributed by atoms with Gasteiger partial charge in [-0.1, -0.05) is 17.7 Å². The van der Waals surface area contributed by atoms with Gasteiger partial charge in [-0.25, -0.2) is 9.36 Å². The average Bonchev–Trinajstić information content (AvgIpc) is 3.52. The molecule has 3 aromatic rings. The van der Waals surface area contributed by atoms with Gasteiger partial charge >= 0.3 is 0 Å². The number of fused-ring (bicyclic) bond motifs is 1. The number of carbonyl (C=O) groups is 2. The molecule has 10 heteroatoms. The summed E-state index contributed by atoms with van der Waals surface area (Å²) in [6, 6.07) is 8.21. The first kappa shape index (κ1) is 19.4. The third-order valence-corrected chi connectivity index (χ3v) is 6.02. The fourth-order valence-corrected chi connectivity index (χ4v) is 4.31. The Kier molecular flexibility index (Phi) is 4.97. The second kappa shape index (κ2) is 7.93. The molecule has 0 N–H and O–H groups in total. The molecule has 2 aliphatic rings. The van der Waals surface area contributed by atoms with Crippen LogP contribution in [0.15, 0.2) is 30.6 Å². The first-order chi connectivity index (χ1) is 15.1. The summed E-state index contributed by atoms with van der Waals surface area (Å²) in [6.07, 6.45) is 4.27. The molecule has 31 heavy (non-hydrogen) atoms. The number of piperazine rings is 1. The molecule has 1 aliphatic carbocycles. The highest BCUT2D eigenvalue weighted by Gasteiger charge is 2.31. The Labute approximate surface area is 179 Å². The lowest BCUT2D eigenvalue weighted by Gasteiger charge is -2.34. The van der Waals surface area contributed by atoms with Crippen LogP contribution >= 0.6 is 0 Å². The van der Waals surface area contributed by atoms with E-state index in [1.807, 2.05) is 16.8 Å². The van der Waals surface area contributed by atoms with Gasteiger partial charge in [0.2, 0.25) is 5.91 Å². The highest BCUT2D eigenvalue weighted by Crippen LogP contribution is 2.29. The lowest BCUT2D eigenvalue weighted by Crippen LogP contribution is -2.51. The summed E-state index contributed by atoms with van der Waals surface area (Å²) in [5, 5.41) is 15.6. The summed E-state index contributed by atoms with van der Waals surface area (Å²) in [7, 11) is 0. The van der Waals surface area contributed by atoms with E-state index >= 15 is 0 Å². The molecule has 0 radical (unpaired) electrons. The van der Waals surface area contributed by atoms with E-state index in [9.17, 15) is 9.59 Å². The maximum Gasteiger partial charge on any atom is 0.274 e. The summed E-state index contributed by atoms with van der Waals surface area (Å²) in [5.41, 5.74) is 4.95. The minimum atomic E-state index is -0.0519. The zero-order chi connectivity index (χ0) is 21.4. The summed E-state index contributed by atoms with van der Waals surface area (Å²) in [5.74, 6) is -0.0967. The average molecular weight is 420 g/mol. The Morgan fingerprint density at radius 1 is 1.00 bits per heavy atom. The molecule has 1 aliphatic heterocycles. The predicted octanol–water partition coefficient (Wildman–Crippen LogP) is 0.641. The first-order valence-corrected chi connectivity index (χ1v) is 10.6. The van der Waals surface area contributed by atoms with Crippen LogP contribution in [-0.2, 0) is 24.2 Å². The predicted molar refractivity (Wildman–Crippen MR) is 111 cm³/mol. The third kappa shape index (κ3) is 3.69. The van der Waals surface area contributed by atoms with Gasteiger partial charge in [-0.3, -0.25) is 9.59 Å². The van der Waals surface area contributed by atoms with Crippen molar-refractivity contribution in [2.75, 3.05) is 26.2 Å². The lowest BCUT2D eigenvalue weighted by atomic mass is 10.1. The van der Waals surface area contributed by atoms with Gasteiger partial charge in [-0.15, -0.1) is 5.10 Å². The number of hydrogen-bond donors (Lipinski definition) is 0. The number of amides is 2. The number of hydrogen-bond acceptors (Lipinski definition) is 6. The van der Waals surface area contributed by atoms with Crippen LogP contribution in [0.1, 0.15) is 33.7 Å². The van der Waals surface area contributed by atoms with E-state index < -0.39 is 0 Å². The Morgan fingerprint density at radius 3 is 2.45 bits per heavy atom. The largest absolute Gasteiger partial charge is 0.338 e. The standard InChI is InChI=1S/C21H24N8O2/c1-15-5-7-16(8-6-15)29-18-4-2-3-17(18)20(23-29)21(31)27-11-9-26(10-12-27)19(30)13-28-14-22-24-25-28/h5-8,14H,2-4,9-13H2,1H3. The zero-order valence-electron chi connectivity index (χ0n) is 17.4. The van der Waals surface area contributed by atoms with E-state index in [1.54, 1.807) is 9.80 Å². The molecule has 2 aromatic heterocycles. The van der Waals surface area contributed by atoms with Gasteiger partial charge in [-0.2, -0.15) is 5.10 Å². The van der Waals surface area contributed by atoms with Crippen LogP contribution in [0.25, 0.3) is 5.69 Å². The van der Waals surface area contributed by atoms with Crippen molar-refractivity contribution in [2.24, 2.45) is 0 Å². The summed E-state index contributed by atoms with van der Waals surface area (Å²) in [6.45, 7) is 4.13. The topological polar surface area (TPSA) is 102 Å². The molecule has 0 unspecified atom stereocenters. The molecule has 1 aromatic carbocycles. The SMILES string of the molecule is Cc1ccc(-n2nc(C(=O)N3CCN(C(=O)Cn4cnnn4)CC3)c3c2CCC3)cc1. The zero-order valence-corrected chi connectivity index (χ0v) is 17.4. The second-order valence-corrected chi connectivity index (χ2v) is 8.06. The fourth-order valence-electron chi connectivity index (χ4n) is 4.31. The number of rotatable bonds is 4. The molecule has 0 bridgehead atoms. The lowest BCUT2D eigenvalue weighted by molar-refractivity contribution is -0.133. The van der Waals surface area contributed by atoms with Crippen molar-refractivity contribution < 1.29 is 9.59 Å². The monoisotopic (exact) mass is 420 g/mol. The van der Waals surface area contributed by atoms with Crippen molar-refractivity contribution in [3.63, 3.8) is 0 Å². The molecule has 3 heterocycles. The van der Waals surface area contributed by atoms with Gasteiger partial charge in [0.1, 0.15) is 12.9 Å². The number of nitrogens with zero attached hydrogens (tertiary/aromatic N) is 8. The van der Waals surface area contributed by atoms with Crippen LogP contribution in [0.3, 0.4) is 0 Å². The van der Waals surface area contributed by atoms with Crippen molar-refractivity contribution in [3.05, 3.63) is 53.1 Å². The highest BCUT2D eigenvalue weighted by atomic mass is 16.2. The smallest absolute Gasteiger partial charge is 0.274 e. The van der Waals surface area contributed by atoms with E-state index in [-0.39, 0.29) is 18.4 Å². The van der Waals surface area contributed by atoms with Gasteiger partial charge < -0.3 is 9.80 Å². The van der Waals surface area contributed by atoms with Crippen LogP contribution in [-0.4, -0.2) is 77.8 Å². The van der Waals surface area contributed by atoms with Gasteiger partial charge in [-0.05, 0) is 48.7 Å². The highest BCUT2D eigenvalue weighted by molar-refractivity contribution is 5.94.